The summed E-state index contributed by atoms with van der Waals surface area (Å²) in [6.45, 7) is 2.70. The van der Waals surface area contributed by atoms with Gasteiger partial charge in [0.05, 0.1) is 6.61 Å². The van der Waals surface area contributed by atoms with Crippen molar-refractivity contribution in [2.75, 3.05) is 12.8 Å². The van der Waals surface area contributed by atoms with Gasteiger partial charge < -0.3 is 15.0 Å². The Balaban J connectivity index is 2.36. The molecule has 2 aromatic rings. The molecule has 0 fully saturated rings. The minimum atomic E-state index is 0.623. The molecule has 1 heterocycles. The monoisotopic (exact) mass is 245 g/mol. The highest BCUT2D eigenvalue weighted by Crippen LogP contribution is 2.26. The van der Waals surface area contributed by atoms with Crippen molar-refractivity contribution in [1.29, 1.82) is 0 Å². The molecule has 0 saturated heterocycles. The highest BCUT2D eigenvalue weighted by Gasteiger charge is 2.12. The maximum atomic E-state index is 6.08. The van der Waals surface area contributed by atoms with Crippen LogP contribution in [0.25, 0.3) is 11.3 Å². The molecule has 96 valence electrons. The van der Waals surface area contributed by atoms with E-state index < -0.39 is 0 Å². The van der Waals surface area contributed by atoms with Crippen LogP contribution in [0.5, 0.6) is 0 Å². The van der Waals surface area contributed by atoms with Gasteiger partial charge in [0.1, 0.15) is 17.3 Å². The number of methoxy groups -OCH3 is 1. The molecule has 0 atom stereocenters. The number of imidazole rings is 1. The lowest BCUT2D eigenvalue weighted by Crippen LogP contribution is -2.00. The summed E-state index contributed by atoms with van der Waals surface area (Å²) in [5.41, 5.74) is 9.13. The van der Waals surface area contributed by atoms with Crippen LogP contribution in [0, 0.1) is 0 Å². The first-order valence-electron chi connectivity index (χ1n) is 6.06. The highest BCUT2D eigenvalue weighted by molar-refractivity contribution is 5.71. The molecular weight excluding hydrogens is 226 g/mol. The Labute approximate surface area is 107 Å². The molecule has 0 radical (unpaired) electrons. The van der Waals surface area contributed by atoms with Gasteiger partial charge in [-0.15, -0.1) is 0 Å². The average molecular weight is 245 g/mol. The Morgan fingerprint density at radius 3 is 2.44 bits per heavy atom. The molecule has 0 saturated carbocycles. The molecule has 0 spiro atoms. The fourth-order valence-corrected chi connectivity index (χ4v) is 2.01. The topological polar surface area (TPSA) is 53.1 Å². The van der Waals surface area contributed by atoms with Crippen molar-refractivity contribution in [3.05, 3.63) is 35.7 Å². The molecule has 0 amide bonds. The van der Waals surface area contributed by atoms with Gasteiger partial charge >= 0.3 is 0 Å². The molecule has 4 nitrogen and oxygen atoms in total. The van der Waals surface area contributed by atoms with Gasteiger partial charge in [-0.25, -0.2) is 4.98 Å². The summed E-state index contributed by atoms with van der Waals surface area (Å²) in [6.07, 6.45) is 0.877. The van der Waals surface area contributed by atoms with E-state index in [4.69, 9.17) is 10.5 Å². The van der Waals surface area contributed by atoms with Crippen molar-refractivity contribution in [2.45, 2.75) is 20.0 Å². The quantitative estimate of drug-likeness (QED) is 0.899. The zero-order valence-corrected chi connectivity index (χ0v) is 11.1. The largest absolute Gasteiger partial charge is 0.383 e. The van der Waals surface area contributed by atoms with E-state index in [9.17, 15) is 0 Å². The molecule has 4 heteroatoms. The maximum Gasteiger partial charge on any atom is 0.131 e. The van der Waals surface area contributed by atoms with Crippen LogP contribution in [0.1, 0.15) is 18.3 Å². The standard InChI is InChI=1S/C14H19N3O/c1-4-12-16-13(14(15)17(12)2)11-7-5-10(6-8-11)9-18-3/h5-8H,4,9,15H2,1-3H3. The van der Waals surface area contributed by atoms with E-state index in [1.807, 2.05) is 35.9 Å². The minimum Gasteiger partial charge on any atom is -0.383 e. The van der Waals surface area contributed by atoms with Crippen LogP contribution in [0.3, 0.4) is 0 Å². The predicted molar refractivity (Wildman–Crippen MR) is 73.1 cm³/mol. The zero-order chi connectivity index (χ0) is 13.1. The Hall–Kier alpha value is -1.81. The second-order valence-corrected chi connectivity index (χ2v) is 4.30. The first-order chi connectivity index (χ1) is 8.67. The molecule has 2 N–H and O–H groups in total. The molecule has 18 heavy (non-hydrogen) atoms. The number of ether oxygens (including phenoxy) is 1. The smallest absolute Gasteiger partial charge is 0.131 e. The average Bonchev–Trinajstić information content (AvgIpc) is 2.68. The van der Waals surface area contributed by atoms with Crippen LogP contribution in [0.2, 0.25) is 0 Å². The Morgan fingerprint density at radius 1 is 1.28 bits per heavy atom. The van der Waals surface area contributed by atoms with Crippen LogP contribution >= 0.6 is 0 Å². The third-order valence-electron chi connectivity index (χ3n) is 3.09. The zero-order valence-electron chi connectivity index (χ0n) is 11.1. The van der Waals surface area contributed by atoms with Gasteiger partial charge in [0.15, 0.2) is 0 Å². The van der Waals surface area contributed by atoms with Crippen molar-refractivity contribution in [3.63, 3.8) is 0 Å². The summed E-state index contributed by atoms with van der Waals surface area (Å²) < 4.78 is 7.04. The number of aromatic nitrogens is 2. The van der Waals surface area contributed by atoms with Crippen molar-refractivity contribution in [2.24, 2.45) is 7.05 Å². The lowest BCUT2D eigenvalue weighted by atomic mass is 10.1. The lowest BCUT2D eigenvalue weighted by molar-refractivity contribution is 0.185. The van der Waals surface area contributed by atoms with E-state index in [1.165, 1.54) is 0 Å². The number of nitrogen functional groups attached to an aromatic ring is 1. The number of aryl methyl sites for hydroxylation is 1. The predicted octanol–water partition coefficient (Wildman–Crippen LogP) is 2.38. The highest BCUT2D eigenvalue weighted by atomic mass is 16.5. The molecule has 0 aliphatic rings. The van der Waals surface area contributed by atoms with Crippen molar-refractivity contribution in [3.8, 4) is 11.3 Å². The number of nitrogens with two attached hydrogens (primary N) is 1. The third kappa shape index (κ3) is 2.24. The third-order valence-corrected chi connectivity index (χ3v) is 3.09. The van der Waals surface area contributed by atoms with E-state index in [0.717, 1.165) is 29.1 Å². The van der Waals surface area contributed by atoms with E-state index in [2.05, 4.69) is 11.9 Å². The molecule has 0 bridgehead atoms. The molecule has 2 rings (SSSR count). The van der Waals surface area contributed by atoms with Gasteiger partial charge in [0.2, 0.25) is 0 Å². The van der Waals surface area contributed by atoms with Gasteiger partial charge in [-0.05, 0) is 5.56 Å². The number of nitrogens with zero attached hydrogens (tertiary/aromatic N) is 2. The summed E-state index contributed by atoms with van der Waals surface area (Å²) in [6, 6.07) is 8.15. The SMILES string of the molecule is CCc1nc(-c2ccc(COC)cc2)c(N)n1C. The summed E-state index contributed by atoms with van der Waals surface area (Å²) in [5.74, 6) is 1.72. The molecule has 1 aromatic heterocycles. The Morgan fingerprint density at radius 2 is 1.94 bits per heavy atom. The van der Waals surface area contributed by atoms with Crippen LogP contribution in [0.15, 0.2) is 24.3 Å². The van der Waals surface area contributed by atoms with E-state index in [1.54, 1.807) is 7.11 Å². The van der Waals surface area contributed by atoms with E-state index in [0.29, 0.717) is 12.4 Å². The second-order valence-electron chi connectivity index (χ2n) is 4.30. The van der Waals surface area contributed by atoms with Crippen LogP contribution in [0.4, 0.5) is 5.82 Å². The van der Waals surface area contributed by atoms with Crippen LogP contribution in [-0.2, 0) is 24.8 Å². The normalized spacial score (nSPS) is 10.8. The Kier molecular flexibility index (Phi) is 3.67. The van der Waals surface area contributed by atoms with Gasteiger partial charge in [0.25, 0.3) is 0 Å². The second kappa shape index (κ2) is 5.23. The fraction of sp³-hybridized carbons (Fsp3) is 0.357. The summed E-state index contributed by atoms with van der Waals surface area (Å²) in [7, 11) is 3.64. The number of rotatable bonds is 4. The first-order valence-corrected chi connectivity index (χ1v) is 6.06. The summed E-state index contributed by atoms with van der Waals surface area (Å²) in [4.78, 5) is 4.58. The van der Waals surface area contributed by atoms with Crippen molar-refractivity contribution >= 4 is 5.82 Å². The van der Waals surface area contributed by atoms with Gasteiger partial charge in [-0.2, -0.15) is 0 Å². The van der Waals surface area contributed by atoms with Crippen LogP contribution < -0.4 is 5.73 Å². The first kappa shape index (κ1) is 12.6. The lowest BCUT2D eigenvalue weighted by Gasteiger charge is -2.03. The molecule has 0 aliphatic heterocycles. The van der Waals surface area contributed by atoms with Gasteiger partial charge in [-0.3, -0.25) is 0 Å². The molecule has 1 aromatic carbocycles. The molecule has 0 unspecified atom stereocenters. The number of hydrogen-bond donors (Lipinski definition) is 1. The molecular formula is C14H19N3O. The fourth-order valence-electron chi connectivity index (χ4n) is 2.01. The van der Waals surface area contributed by atoms with Crippen molar-refractivity contribution in [1.82, 2.24) is 9.55 Å². The van der Waals surface area contributed by atoms with Gasteiger partial charge in [-0.1, -0.05) is 31.2 Å². The number of anilines is 1. The van der Waals surface area contributed by atoms with Gasteiger partial charge in [0, 0.05) is 26.1 Å². The Bertz CT molecular complexity index is 529. The van der Waals surface area contributed by atoms with E-state index in [-0.39, 0.29) is 0 Å². The van der Waals surface area contributed by atoms with Crippen molar-refractivity contribution < 1.29 is 4.74 Å². The maximum absolute atomic E-state index is 6.08. The summed E-state index contributed by atoms with van der Waals surface area (Å²) in [5, 5.41) is 0. The minimum absolute atomic E-state index is 0.623. The summed E-state index contributed by atoms with van der Waals surface area (Å²) >= 11 is 0. The molecule has 0 aliphatic carbocycles. The van der Waals surface area contributed by atoms with Crippen LogP contribution in [-0.4, -0.2) is 16.7 Å². The van der Waals surface area contributed by atoms with E-state index >= 15 is 0 Å². The number of benzene rings is 1. The number of hydrogen-bond acceptors (Lipinski definition) is 3.